The smallest absolute Gasteiger partial charge is 0.339 e. The summed E-state index contributed by atoms with van der Waals surface area (Å²) in [7, 11) is 0. The molecule has 2 nitrogen and oxygen atoms in total. The van der Waals surface area contributed by atoms with E-state index in [0.717, 1.165) is 5.56 Å². The molecule has 0 bridgehead atoms. The number of hydrogen-bond acceptors (Lipinski definition) is 2. The van der Waals surface area contributed by atoms with Crippen LogP contribution < -0.4 is 4.74 Å². The summed E-state index contributed by atoms with van der Waals surface area (Å²) in [6.07, 6.45) is 2.48. The number of hydrogen-bond donors (Lipinski definition) is 0. The Morgan fingerprint density at radius 1 is 1.33 bits per heavy atom. The number of carbonyl (C=O) groups excluding carboxylic acids is 1. The van der Waals surface area contributed by atoms with Gasteiger partial charge in [0.1, 0.15) is 5.75 Å². The van der Waals surface area contributed by atoms with E-state index in [4.69, 9.17) is 4.74 Å². The van der Waals surface area contributed by atoms with Crippen molar-refractivity contribution < 1.29 is 9.53 Å². The van der Waals surface area contributed by atoms with Crippen LogP contribution >= 0.6 is 0 Å². The first-order chi connectivity index (χ1) is 7.17. The van der Waals surface area contributed by atoms with E-state index in [1.165, 1.54) is 0 Å². The van der Waals surface area contributed by atoms with Crippen LogP contribution in [-0.2, 0) is 4.79 Å². The fourth-order valence-corrected chi connectivity index (χ4v) is 1.25. The Balaban J connectivity index is 2.70. The predicted octanol–water partition coefficient (Wildman–Crippen LogP) is 3.26. The Hall–Kier alpha value is -1.57. The fourth-order valence-electron chi connectivity index (χ4n) is 1.25. The Kier molecular flexibility index (Phi) is 4.10. The molecule has 0 aliphatic carbocycles. The molecule has 1 rings (SSSR count). The first kappa shape index (κ1) is 11.5. The van der Waals surface area contributed by atoms with E-state index in [1.807, 2.05) is 32.9 Å². The van der Waals surface area contributed by atoms with E-state index < -0.39 is 0 Å². The molecule has 0 saturated carbocycles. The summed E-state index contributed by atoms with van der Waals surface area (Å²) in [4.78, 5) is 11.6. The molecular weight excluding hydrogens is 188 g/mol. The highest BCUT2D eigenvalue weighted by Crippen LogP contribution is 2.14. The first-order valence-corrected chi connectivity index (χ1v) is 5.11. The average Bonchev–Trinajstić information content (AvgIpc) is 2.23. The number of benzene rings is 1. The summed E-state index contributed by atoms with van der Waals surface area (Å²) in [5.74, 6) is 0.335. The van der Waals surface area contributed by atoms with Crippen LogP contribution in [0.5, 0.6) is 5.75 Å². The van der Waals surface area contributed by atoms with Crippen molar-refractivity contribution in [3.63, 3.8) is 0 Å². The third kappa shape index (κ3) is 3.24. The van der Waals surface area contributed by atoms with Gasteiger partial charge in [-0.3, -0.25) is 0 Å². The lowest BCUT2D eigenvalue weighted by molar-refractivity contribution is -0.130. The first-order valence-electron chi connectivity index (χ1n) is 5.11. The minimum absolute atomic E-state index is 0.260. The molecule has 15 heavy (non-hydrogen) atoms. The largest absolute Gasteiger partial charge is 0.423 e. The molecule has 2 heteroatoms. The number of allylic oxidation sites excluding steroid dienone is 1. The normalized spacial score (nSPS) is 11.3. The van der Waals surface area contributed by atoms with Gasteiger partial charge in [0.25, 0.3) is 0 Å². The predicted molar refractivity (Wildman–Crippen MR) is 60.9 cm³/mol. The van der Waals surface area contributed by atoms with Crippen molar-refractivity contribution in [2.45, 2.75) is 27.2 Å². The highest BCUT2D eigenvalue weighted by Gasteiger charge is 2.08. The van der Waals surface area contributed by atoms with Crippen molar-refractivity contribution >= 4 is 5.97 Å². The Labute approximate surface area is 90.6 Å². The van der Waals surface area contributed by atoms with Gasteiger partial charge < -0.3 is 4.74 Å². The molecule has 0 radical (unpaired) electrons. The molecule has 0 aliphatic heterocycles. The summed E-state index contributed by atoms with van der Waals surface area (Å²) >= 11 is 0. The molecule has 1 aromatic carbocycles. The second-order valence-electron chi connectivity index (χ2n) is 3.37. The molecular formula is C13H16O2. The van der Waals surface area contributed by atoms with Gasteiger partial charge in [0.2, 0.25) is 0 Å². The number of esters is 1. The molecule has 1 aromatic rings. The van der Waals surface area contributed by atoms with Gasteiger partial charge in [-0.2, -0.15) is 0 Å². The van der Waals surface area contributed by atoms with Crippen LogP contribution in [0.15, 0.2) is 35.9 Å². The second kappa shape index (κ2) is 5.35. The lowest BCUT2D eigenvalue weighted by atomic mass is 10.2. The summed E-state index contributed by atoms with van der Waals surface area (Å²) in [6.45, 7) is 5.77. The maximum Gasteiger partial charge on any atom is 0.339 e. The molecule has 0 aliphatic rings. The fraction of sp³-hybridized carbons (Fsp3) is 0.308. The molecule has 0 atom stereocenters. The monoisotopic (exact) mass is 204 g/mol. The number of ether oxygens (including phenoxy) is 1. The highest BCUT2D eigenvalue weighted by atomic mass is 16.5. The Morgan fingerprint density at radius 2 is 1.93 bits per heavy atom. The van der Waals surface area contributed by atoms with Gasteiger partial charge in [0.05, 0.1) is 0 Å². The third-order valence-electron chi connectivity index (χ3n) is 2.22. The lowest BCUT2D eigenvalue weighted by Gasteiger charge is -2.05. The van der Waals surface area contributed by atoms with E-state index in [2.05, 4.69) is 0 Å². The number of rotatable bonds is 3. The average molecular weight is 204 g/mol. The van der Waals surface area contributed by atoms with Gasteiger partial charge in [0, 0.05) is 5.57 Å². The van der Waals surface area contributed by atoms with Crippen molar-refractivity contribution in [2.24, 2.45) is 0 Å². The van der Waals surface area contributed by atoms with Gasteiger partial charge >= 0.3 is 5.97 Å². The van der Waals surface area contributed by atoms with Crippen molar-refractivity contribution in [1.82, 2.24) is 0 Å². The highest BCUT2D eigenvalue weighted by molar-refractivity contribution is 5.89. The molecule has 0 unspecified atom stereocenters. The Morgan fingerprint density at radius 3 is 2.40 bits per heavy atom. The van der Waals surface area contributed by atoms with Crippen molar-refractivity contribution in [3.05, 3.63) is 41.5 Å². The summed E-state index contributed by atoms with van der Waals surface area (Å²) in [5, 5.41) is 0. The molecule has 0 heterocycles. The van der Waals surface area contributed by atoms with Crippen LogP contribution in [0.2, 0.25) is 0 Å². The zero-order valence-corrected chi connectivity index (χ0v) is 9.41. The molecule has 0 N–H and O–H groups in total. The van der Waals surface area contributed by atoms with Crippen LogP contribution in [0.25, 0.3) is 0 Å². The molecule has 0 fully saturated rings. The summed E-state index contributed by atoms with van der Waals surface area (Å²) < 4.78 is 5.21. The number of carbonyl (C=O) groups is 1. The van der Waals surface area contributed by atoms with Crippen molar-refractivity contribution in [1.29, 1.82) is 0 Å². The van der Waals surface area contributed by atoms with Crippen LogP contribution in [-0.4, -0.2) is 5.97 Å². The van der Waals surface area contributed by atoms with Crippen molar-refractivity contribution in [2.75, 3.05) is 0 Å². The van der Waals surface area contributed by atoms with Gasteiger partial charge in [-0.1, -0.05) is 30.7 Å². The molecule has 80 valence electrons. The van der Waals surface area contributed by atoms with E-state index in [0.29, 0.717) is 17.7 Å². The summed E-state index contributed by atoms with van der Waals surface area (Å²) in [5.41, 5.74) is 1.85. The van der Waals surface area contributed by atoms with Crippen LogP contribution in [0.3, 0.4) is 0 Å². The van der Waals surface area contributed by atoms with Gasteiger partial charge in [-0.15, -0.1) is 0 Å². The molecule has 0 aromatic heterocycles. The Bertz CT molecular complexity index is 361. The standard InChI is InChI=1S/C13H16O2/c1-4-11(5-2)13(14)15-12-8-6-10(3)7-9-12/h4,6-9H,5H2,1-3H3. The van der Waals surface area contributed by atoms with Crippen LogP contribution in [0, 0.1) is 6.92 Å². The van der Waals surface area contributed by atoms with E-state index in [9.17, 15) is 4.79 Å². The topological polar surface area (TPSA) is 26.3 Å². The zero-order valence-electron chi connectivity index (χ0n) is 9.41. The lowest BCUT2D eigenvalue weighted by Crippen LogP contribution is -2.10. The SMILES string of the molecule is CC=C(CC)C(=O)Oc1ccc(C)cc1. The molecule has 0 saturated heterocycles. The maximum absolute atomic E-state index is 11.6. The third-order valence-corrected chi connectivity index (χ3v) is 2.22. The second-order valence-corrected chi connectivity index (χ2v) is 3.37. The van der Waals surface area contributed by atoms with E-state index in [-0.39, 0.29) is 5.97 Å². The minimum Gasteiger partial charge on any atom is -0.423 e. The minimum atomic E-state index is -0.260. The van der Waals surface area contributed by atoms with E-state index >= 15 is 0 Å². The molecule has 0 amide bonds. The number of aryl methyl sites for hydroxylation is 1. The van der Waals surface area contributed by atoms with Crippen LogP contribution in [0.1, 0.15) is 25.8 Å². The van der Waals surface area contributed by atoms with Gasteiger partial charge in [-0.05, 0) is 32.4 Å². The van der Waals surface area contributed by atoms with Crippen molar-refractivity contribution in [3.8, 4) is 5.75 Å². The summed E-state index contributed by atoms with van der Waals surface area (Å²) in [6, 6.07) is 7.44. The maximum atomic E-state index is 11.6. The molecule has 0 spiro atoms. The van der Waals surface area contributed by atoms with Gasteiger partial charge in [0.15, 0.2) is 0 Å². The zero-order chi connectivity index (χ0) is 11.3. The quantitative estimate of drug-likeness (QED) is 0.429. The van der Waals surface area contributed by atoms with Gasteiger partial charge in [-0.25, -0.2) is 4.79 Å². The van der Waals surface area contributed by atoms with E-state index in [1.54, 1.807) is 18.2 Å². The van der Waals surface area contributed by atoms with Crippen LogP contribution in [0.4, 0.5) is 0 Å².